The summed E-state index contributed by atoms with van der Waals surface area (Å²) >= 11 is 0. The Morgan fingerprint density at radius 2 is 1.36 bits per heavy atom. The van der Waals surface area contributed by atoms with Crippen molar-refractivity contribution in [1.29, 1.82) is 0 Å². The minimum Gasteiger partial charge on any atom is -0.351 e. The molecule has 3 N–H and O–H groups in total. The van der Waals surface area contributed by atoms with Gasteiger partial charge in [-0.15, -0.1) is 0 Å². The van der Waals surface area contributed by atoms with Gasteiger partial charge in [0.2, 0.25) is 5.91 Å². The van der Waals surface area contributed by atoms with Gasteiger partial charge in [0, 0.05) is 17.5 Å². The Morgan fingerprint density at radius 1 is 0.810 bits per heavy atom. The molecule has 42 heavy (non-hydrogen) atoms. The Bertz CT molecular complexity index is 1130. The molecule has 0 unspecified atom stereocenters. The van der Waals surface area contributed by atoms with Crippen molar-refractivity contribution in [2.75, 3.05) is 6.61 Å². The molecule has 0 saturated carbocycles. The average Bonchev–Trinajstić information content (AvgIpc) is 2.97. The lowest BCUT2D eigenvalue weighted by Gasteiger charge is -2.19. The monoisotopic (exact) mass is 595 g/mol. The van der Waals surface area contributed by atoms with Crippen LogP contribution < -0.4 is 5.32 Å². The van der Waals surface area contributed by atoms with Gasteiger partial charge in [0.25, 0.3) is 0 Å². The largest absolute Gasteiger partial charge is 0.469 e. The average molecular weight is 596 g/mol. The Labute approximate surface area is 253 Å². The van der Waals surface area contributed by atoms with Crippen LogP contribution in [-0.4, -0.2) is 28.3 Å². The van der Waals surface area contributed by atoms with Crippen molar-refractivity contribution in [1.82, 2.24) is 5.32 Å². The number of hydrogen-bond acceptors (Lipinski definition) is 3. The summed E-state index contributed by atoms with van der Waals surface area (Å²) in [5, 5.41) is 2.90. The molecule has 0 bridgehead atoms. The highest BCUT2D eigenvalue weighted by molar-refractivity contribution is 7.46. The normalized spacial score (nSPS) is 12.2. The maximum Gasteiger partial charge on any atom is 0.469 e. The lowest BCUT2D eigenvalue weighted by Crippen LogP contribution is -2.39. The molecular weight excluding hydrogens is 545 g/mol. The summed E-state index contributed by atoms with van der Waals surface area (Å²) in [6, 6.07) is 16.8. The third-order valence-electron chi connectivity index (χ3n) is 7.04. The topological polar surface area (TPSA) is 95.9 Å². The molecule has 2 aromatic rings. The van der Waals surface area contributed by atoms with Gasteiger partial charge in [-0.05, 0) is 68.4 Å². The zero-order valence-electron chi connectivity index (χ0n) is 25.3. The van der Waals surface area contributed by atoms with Crippen LogP contribution in [0, 0.1) is 11.8 Å². The van der Waals surface area contributed by atoms with E-state index in [0.29, 0.717) is 12.8 Å². The molecule has 2 aromatic carbocycles. The van der Waals surface area contributed by atoms with Gasteiger partial charge in [0.15, 0.2) is 0 Å². The summed E-state index contributed by atoms with van der Waals surface area (Å²) in [4.78, 5) is 30.9. The lowest BCUT2D eigenvalue weighted by molar-refractivity contribution is -0.122. The molecule has 0 aliphatic heterocycles. The van der Waals surface area contributed by atoms with Crippen LogP contribution in [0.4, 0.5) is 0 Å². The van der Waals surface area contributed by atoms with Crippen LogP contribution in [0.3, 0.4) is 0 Å². The van der Waals surface area contributed by atoms with Crippen molar-refractivity contribution in [2.24, 2.45) is 0 Å². The molecule has 2 rings (SSSR count). The van der Waals surface area contributed by atoms with E-state index in [1.807, 2.05) is 54.6 Å². The van der Waals surface area contributed by atoms with Crippen LogP contribution in [0.25, 0.3) is 0 Å². The molecule has 0 radical (unpaired) electrons. The molecule has 6 nitrogen and oxygen atoms in total. The first-order valence-corrected chi connectivity index (χ1v) is 17.2. The van der Waals surface area contributed by atoms with Gasteiger partial charge in [-0.2, -0.15) is 0 Å². The second kappa shape index (κ2) is 21.9. The van der Waals surface area contributed by atoms with Crippen molar-refractivity contribution in [2.45, 2.75) is 109 Å². The Balaban J connectivity index is 1.66. The van der Waals surface area contributed by atoms with Gasteiger partial charge in [-0.3, -0.25) is 9.32 Å². The number of rotatable bonds is 21. The summed E-state index contributed by atoms with van der Waals surface area (Å²) in [5.74, 6) is 6.12. The van der Waals surface area contributed by atoms with E-state index in [9.17, 15) is 9.36 Å². The lowest BCUT2D eigenvalue weighted by atomic mass is 10.0. The summed E-state index contributed by atoms with van der Waals surface area (Å²) < 4.78 is 16.0. The van der Waals surface area contributed by atoms with E-state index in [2.05, 4.69) is 36.2 Å². The summed E-state index contributed by atoms with van der Waals surface area (Å²) in [7, 11) is -4.64. The van der Waals surface area contributed by atoms with Gasteiger partial charge in [0.05, 0.1) is 12.6 Å². The fraction of sp³-hybridized carbons (Fsp3) is 0.514. The van der Waals surface area contributed by atoms with Crippen molar-refractivity contribution < 1.29 is 23.7 Å². The number of hydrogen-bond donors (Lipinski definition) is 3. The van der Waals surface area contributed by atoms with Crippen molar-refractivity contribution in [3.63, 3.8) is 0 Å². The van der Waals surface area contributed by atoms with Gasteiger partial charge in [0.1, 0.15) is 0 Å². The van der Waals surface area contributed by atoms with Gasteiger partial charge in [-0.1, -0.05) is 113 Å². The van der Waals surface area contributed by atoms with Crippen LogP contribution in [0.2, 0.25) is 0 Å². The maximum atomic E-state index is 12.6. The summed E-state index contributed by atoms with van der Waals surface area (Å²) in [6.45, 7) is 1.98. The number of amides is 1. The van der Waals surface area contributed by atoms with Crippen LogP contribution in [0.1, 0.15) is 114 Å². The first kappa shape index (κ1) is 35.5. The molecule has 0 heterocycles. The van der Waals surface area contributed by atoms with Crippen LogP contribution in [0.5, 0.6) is 0 Å². The predicted molar refractivity (Wildman–Crippen MR) is 172 cm³/mol. The second-order valence-electron chi connectivity index (χ2n) is 10.9. The SMILES string of the molecule is CCCCCCCC/C=C\CCCCCCCC(=O)N[C@@H](COP(=O)(O)O)Cc1ccc(C#Cc2ccccc2)cc1. The number of carbonyl (C=O) groups excluding carboxylic acids is 1. The highest BCUT2D eigenvalue weighted by Gasteiger charge is 2.20. The highest BCUT2D eigenvalue weighted by atomic mass is 31.2. The molecule has 1 amide bonds. The molecule has 1 atom stereocenters. The van der Waals surface area contributed by atoms with Gasteiger partial charge < -0.3 is 15.1 Å². The molecule has 0 fully saturated rings. The Morgan fingerprint density at radius 3 is 1.95 bits per heavy atom. The summed E-state index contributed by atoms with van der Waals surface area (Å²) in [6.07, 6.45) is 21.0. The van der Waals surface area contributed by atoms with E-state index < -0.39 is 13.9 Å². The Hall–Kier alpha value is -2.68. The van der Waals surface area contributed by atoms with E-state index in [0.717, 1.165) is 48.8 Å². The molecule has 0 spiro atoms. The third-order valence-corrected chi connectivity index (χ3v) is 7.52. The molecule has 7 heteroatoms. The molecule has 230 valence electrons. The number of allylic oxidation sites excluding steroid dienone is 2. The van der Waals surface area contributed by atoms with Crippen LogP contribution >= 0.6 is 7.82 Å². The number of benzene rings is 2. The number of unbranched alkanes of at least 4 members (excludes halogenated alkanes) is 11. The van der Waals surface area contributed by atoms with Crippen LogP contribution in [-0.2, 0) is 20.3 Å². The fourth-order valence-corrected chi connectivity index (χ4v) is 5.04. The van der Waals surface area contributed by atoms with E-state index in [1.165, 1.54) is 51.4 Å². The van der Waals surface area contributed by atoms with Crippen molar-refractivity contribution >= 4 is 13.7 Å². The quantitative estimate of drug-likeness (QED) is 0.0584. The van der Waals surface area contributed by atoms with E-state index in [4.69, 9.17) is 14.3 Å². The smallest absolute Gasteiger partial charge is 0.351 e. The molecular formula is C35H50NO5P. The molecule has 0 aromatic heterocycles. The van der Waals surface area contributed by atoms with Gasteiger partial charge >= 0.3 is 7.82 Å². The number of nitrogens with one attached hydrogen (secondary N) is 1. The van der Waals surface area contributed by atoms with Crippen LogP contribution in [0.15, 0.2) is 66.7 Å². The van der Waals surface area contributed by atoms with E-state index in [-0.39, 0.29) is 12.5 Å². The second-order valence-corrected chi connectivity index (χ2v) is 12.1. The number of phosphoric acid groups is 1. The Kier molecular flexibility index (Phi) is 18.6. The zero-order chi connectivity index (χ0) is 30.3. The minimum absolute atomic E-state index is 0.128. The maximum absolute atomic E-state index is 12.6. The standard InChI is InChI=1S/C35H50NO5P/c1-2-3-4-5-6-7-8-9-10-11-12-13-14-15-19-22-35(37)36-34(30-41-42(38,39)40)29-33-27-25-32(26-28-33)24-23-31-20-17-16-18-21-31/h9-10,16-18,20-21,25-28,34H,2-8,11-15,19,22,29-30H2,1H3,(H,36,37)(H2,38,39,40)/b10-9-/t34-/m1/s1. The highest BCUT2D eigenvalue weighted by Crippen LogP contribution is 2.35. The van der Waals surface area contributed by atoms with E-state index >= 15 is 0 Å². The minimum atomic E-state index is -4.64. The molecule has 0 saturated heterocycles. The van der Waals surface area contributed by atoms with Crippen molar-refractivity contribution in [3.8, 4) is 11.8 Å². The zero-order valence-corrected chi connectivity index (χ0v) is 26.2. The first-order chi connectivity index (χ1) is 20.4. The first-order valence-electron chi connectivity index (χ1n) is 15.7. The fourth-order valence-electron chi connectivity index (χ4n) is 4.67. The summed E-state index contributed by atoms with van der Waals surface area (Å²) in [5.41, 5.74) is 2.71. The van der Waals surface area contributed by atoms with Gasteiger partial charge in [-0.25, -0.2) is 4.57 Å². The predicted octanol–water partition coefficient (Wildman–Crippen LogP) is 8.26. The number of phosphoric ester groups is 1. The molecule has 0 aliphatic rings. The van der Waals surface area contributed by atoms with Crippen molar-refractivity contribution in [3.05, 3.63) is 83.4 Å². The molecule has 0 aliphatic carbocycles. The van der Waals surface area contributed by atoms with E-state index in [1.54, 1.807) is 0 Å². The number of carbonyl (C=O) groups is 1. The third kappa shape index (κ3) is 18.7.